The van der Waals surface area contributed by atoms with Crippen LogP contribution in [-0.4, -0.2) is 72.6 Å². The van der Waals surface area contributed by atoms with Crippen LogP contribution < -0.4 is 9.47 Å². The van der Waals surface area contributed by atoms with E-state index in [0.29, 0.717) is 12.0 Å². The summed E-state index contributed by atoms with van der Waals surface area (Å²) < 4.78 is 17.5. The summed E-state index contributed by atoms with van der Waals surface area (Å²) in [5, 5.41) is 14.8. The molecule has 1 aromatic carbocycles. The number of piperidine rings is 1. The Kier molecular flexibility index (Phi) is 13.4. The van der Waals surface area contributed by atoms with Gasteiger partial charge in [-0.25, -0.2) is 9.59 Å². The van der Waals surface area contributed by atoms with Crippen LogP contribution in [0.2, 0.25) is 0 Å². The number of unbranched alkanes of at least 4 members (excludes halogenated alkanes) is 2. The van der Waals surface area contributed by atoms with E-state index in [0.717, 1.165) is 31.1 Å². The normalized spacial score (nSPS) is 18.5. The van der Waals surface area contributed by atoms with Crippen molar-refractivity contribution in [2.24, 2.45) is 5.92 Å². The first-order valence-corrected chi connectivity index (χ1v) is 11.4. The molecule has 1 aromatic rings. The topological polar surface area (TPSA) is 106 Å². The molecule has 0 aromatic heterocycles. The molecule has 0 radical (unpaired) electrons. The van der Waals surface area contributed by atoms with E-state index in [4.69, 9.17) is 34.0 Å². The van der Waals surface area contributed by atoms with Crippen LogP contribution in [-0.2, 0) is 14.3 Å². The minimum Gasteiger partial charge on any atom is -0.493 e. The second kappa shape index (κ2) is 15.5. The second-order valence-electron chi connectivity index (χ2n) is 8.22. The molecule has 2 atom stereocenters. The lowest BCUT2D eigenvalue weighted by Gasteiger charge is -2.37. The van der Waals surface area contributed by atoms with Gasteiger partial charge in [0, 0.05) is 19.7 Å². The molecule has 8 heteroatoms. The van der Waals surface area contributed by atoms with Crippen LogP contribution >= 0.6 is 0 Å². The molecule has 0 spiro atoms. The first-order valence-electron chi connectivity index (χ1n) is 11.4. The number of likely N-dealkylation sites (tertiary alicyclic amines) is 1. The Labute approximate surface area is 191 Å². The van der Waals surface area contributed by atoms with E-state index < -0.39 is 11.9 Å². The third-order valence-electron chi connectivity index (χ3n) is 5.28. The first-order chi connectivity index (χ1) is 15.3. The Morgan fingerprint density at radius 2 is 1.84 bits per heavy atom. The minimum atomic E-state index is -1.82. The Morgan fingerprint density at radius 3 is 2.44 bits per heavy atom. The molecule has 1 fully saturated rings. The highest BCUT2D eigenvalue weighted by Gasteiger charge is 2.28. The second-order valence-corrected chi connectivity index (χ2v) is 8.22. The van der Waals surface area contributed by atoms with Crippen LogP contribution in [0.25, 0.3) is 0 Å². The van der Waals surface area contributed by atoms with E-state index in [-0.39, 0.29) is 6.10 Å². The first kappa shape index (κ1) is 27.7. The average Bonchev–Trinajstić information content (AvgIpc) is 2.75. The number of benzene rings is 1. The number of carboxylic acid groups (broad SMARTS) is 2. The van der Waals surface area contributed by atoms with E-state index in [1.165, 1.54) is 38.8 Å². The molecule has 1 aliphatic heterocycles. The van der Waals surface area contributed by atoms with E-state index in [1.807, 2.05) is 45.2 Å². The maximum Gasteiger partial charge on any atom is 0.414 e. The molecular formula is C24H39NO7. The summed E-state index contributed by atoms with van der Waals surface area (Å²) in [4.78, 5) is 20.8. The Balaban J connectivity index is 0.000000751. The number of methoxy groups -OCH3 is 1. The molecule has 1 saturated heterocycles. The van der Waals surface area contributed by atoms with Crippen molar-refractivity contribution in [3.05, 3.63) is 24.3 Å². The minimum absolute atomic E-state index is 0.176. The zero-order valence-electron chi connectivity index (χ0n) is 19.8. The van der Waals surface area contributed by atoms with Gasteiger partial charge in [-0.3, -0.25) is 0 Å². The van der Waals surface area contributed by atoms with Crippen LogP contribution in [0.3, 0.4) is 0 Å². The predicted molar refractivity (Wildman–Crippen MR) is 122 cm³/mol. The van der Waals surface area contributed by atoms with Crippen molar-refractivity contribution in [1.29, 1.82) is 0 Å². The molecule has 0 aliphatic carbocycles. The molecule has 2 N–H and O–H groups in total. The van der Waals surface area contributed by atoms with Crippen molar-refractivity contribution >= 4 is 11.9 Å². The standard InChI is InChI=1S/C22H37NO3.C2H2O4/c1-5-6-7-13-23-14-11-19(22(17-23)24-4)12-15-25-20-9-8-10-21(16-20)26-18(2)3;3-1(4)2(5)6/h8-10,16,18-19,22H,5-7,11-15,17H2,1-4H3;(H,3,4)(H,5,6)/t19-,22-;/m1./s1. The van der Waals surface area contributed by atoms with Gasteiger partial charge in [0.15, 0.2) is 0 Å². The van der Waals surface area contributed by atoms with Gasteiger partial charge >= 0.3 is 11.9 Å². The smallest absolute Gasteiger partial charge is 0.414 e. The van der Waals surface area contributed by atoms with Crippen molar-refractivity contribution in [2.75, 3.05) is 33.4 Å². The fraction of sp³-hybridized carbons (Fsp3) is 0.667. The summed E-state index contributed by atoms with van der Waals surface area (Å²) in [7, 11) is 1.85. The van der Waals surface area contributed by atoms with Gasteiger partial charge in [0.1, 0.15) is 11.5 Å². The Hall–Kier alpha value is -2.32. The van der Waals surface area contributed by atoms with Gasteiger partial charge in [-0.2, -0.15) is 0 Å². The third kappa shape index (κ3) is 11.3. The van der Waals surface area contributed by atoms with Crippen molar-refractivity contribution in [3.8, 4) is 11.5 Å². The highest BCUT2D eigenvalue weighted by atomic mass is 16.5. The molecule has 182 valence electrons. The zero-order valence-corrected chi connectivity index (χ0v) is 19.8. The number of aliphatic carboxylic acids is 2. The maximum absolute atomic E-state index is 9.10. The number of carbonyl (C=O) groups is 2. The lowest BCUT2D eigenvalue weighted by molar-refractivity contribution is -0.159. The fourth-order valence-corrected chi connectivity index (χ4v) is 3.65. The largest absolute Gasteiger partial charge is 0.493 e. The number of ether oxygens (including phenoxy) is 3. The van der Waals surface area contributed by atoms with E-state index in [9.17, 15) is 0 Å². The lowest BCUT2D eigenvalue weighted by Crippen LogP contribution is -2.45. The highest BCUT2D eigenvalue weighted by molar-refractivity contribution is 6.27. The molecule has 1 aliphatic rings. The van der Waals surface area contributed by atoms with Gasteiger partial charge in [-0.05, 0) is 64.3 Å². The van der Waals surface area contributed by atoms with Gasteiger partial charge in [-0.1, -0.05) is 25.8 Å². The van der Waals surface area contributed by atoms with Crippen LogP contribution in [0.15, 0.2) is 24.3 Å². The average molecular weight is 454 g/mol. The quantitative estimate of drug-likeness (QED) is 0.384. The van der Waals surface area contributed by atoms with Crippen molar-refractivity contribution in [1.82, 2.24) is 4.90 Å². The molecule has 0 amide bonds. The molecule has 8 nitrogen and oxygen atoms in total. The van der Waals surface area contributed by atoms with Gasteiger partial charge < -0.3 is 29.3 Å². The van der Waals surface area contributed by atoms with Crippen molar-refractivity contribution in [3.63, 3.8) is 0 Å². The molecule has 2 rings (SSSR count). The van der Waals surface area contributed by atoms with Gasteiger partial charge in [-0.15, -0.1) is 0 Å². The molecule has 32 heavy (non-hydrogen) atoms. The van der Waals surface area contributed by atoms with Gasteiger partial charge in [0.25, 0.3) is 0 Å². The maximum atomic E-state index is 9.10. The van der Waals surface area contributed by atoms with Crippen molar-refractivity contribution in [2.45, 2.75) is 65.1 Å². The third-order valence-corrected chi connectivity index (χ3v) is 5.28. The number of nitrogens with zero attached hydrogens (tertiary/aromatic N) is 1. The monoisotopic (exact) mass is 453 g/mol. The molecule has 0 bridgehead atoms. The van der Waals surface area contributed by atoms with Crippen LogP contribution in [0.1, 0.15) is 52.9 Å². The van der Waals surface area contributed by atoms with E-state index in [1.54, 1.807) is 0 Å². The summed E-state index contributed by atoms with van der Waals surface area (Å²) in [5.74, 6) is -1.32. The summed E-state index contributed by atoms with van der Waals surface area (Å²) in [6.45, 7) is 10.5. The van der Waals surface area contributed by atoms with Crippen molar-refractivity contribution < 1.29 is 34.0 Å². The molecular weight excluding hydrogens is 414 g/mol. The zero-order chi connectivity index (χ0) is 23.9. The fourth-order valence-electron chi connectivity index (χ4n) is 3.65. The molecule has 0 saturated carbocycles. The Morgan fingerprint density at radius 1 is 1.16 bits per heavy atom. The number of hydrogen-bond acceptors (Lipinski definition) is 6. The predicted octanol–water partition coefficient (Wildman–Crippen LogP) is 3.93. The highest BCUT2D eigenvalue weighted by Crippen LogP contribution is 2.25. The van der Waals surface area contributed by atoms with Gasteiger partial charge in [0.2, 0.25) is 0 Å². The van der Waals surface area contributed by atoms with Crippen LogP contribution in [0, 0.1) is 5.92 Å². The summed E-state index contributed by atoms with van der Waals surface area (Å²) in [6, 6.07) is 7.93. The van der Waals surface area contributed by atoms with Crippen LogP contribution in [0.4, 0.5) is 0 Å². The Bertz CT molecular complexity index is 668. The SMILES string of the molecule is CCCCCN1CC[C@H](CCOc2cccc(OC(C)C)c2)[C@H](OC)C1.O=C(O)C(=O)O. The number of carboxylic acids is 2. The van der Waals surface area contributed by atoms with Gasteiger partial charge in [0.05, 0.1) is 18.8 Å². The number of hydrogen-bond donors (Lipinski definition) is 2. The summed E-state index contributed by atoms with van der Waals surface area (Å²) >= 11 is 0. The summed E-state index contributed by atoms with van der Waals surface area (Å²) in [5.41, 5.74) is 0. The van der Waals surface area contributed by atoms with E-state index >= 15 is 0 Å². The van der Waals surface area contributed by atoms with E-state index in [2.05, 4.69) is 11.8 Å². The number of rotatable bonds is 11. The van der Waals surface area contributed by atoms with Crippen LogP contribution in [0.5, 0.6) is 11.5 Å². The lowest BCUT2D eigenvalue weighted by atomic mass is 9.91. The molecule has 1 heterocycles. The summed E-state index contributed by atoms with van der Waals surface area (Å²) in [6.07, 6.45) is 6.65. The molecule has 0 unspecified atom stereocenters.